The molecule has 3 aromatic rings. The molecule has 0 aliphatic carbocycles. The number of nitrogens with zero attached hydrogens (tertiary/aromatic N) is 2. The highest BCUT2D eigenvalue weighted by Gasteiger charge is 2.22. The summed E-state index contributed by atoms with van der Waals surface area (Å²) in [6, 6.07) is 18.0. The molecule has 0 unspecified atom stereocenters. The van der Waals surface area contributed by atoms with Crippen LogP contribution in [0.25, 0.3) is 0 Å². The Balaban J connectivity index is 0.000000271. The SMILES string of the molecule is CC(=O)c1ccc(O)c(CC=C(C)C)c1.Cl.O=C(COc1ccc(Cl)cc1)N1CCN(Cc2ccc3c(c2)OCO3)CC1. The number of allylic oxidation sites excluding steroid dienone is 2. The zero-order valence-electron chi connectivity index (χ0n) is 24.7. The number of piperazine rings is 1. The van der Waals surface area contributed by atoms with Crippen molar-refractivity contribution in [1.29, 1.82) is 0 Å². The Kier molecular flexibility index (Phi) is 12.7. The molecule has 1 saturated heterocycles. The van der Waals surface area contributed by atoms with E-state index in [9.17, 15) is 14.7 Å². The van der Waals surface area contributed by atoms with Crippen LogP contribution in [0.15, 0.2) is 72.3 Å². The van der Waals surface area contributed by atoms with Gasteiger partial charge >= 0.3 is 0 Å². The number of aromatic hydroxyl groups is 1. The van der Waals surface area contributed by atoms with E-state index in [1.165, 1.54) is 18.1 Å². The number of hydrogen-bond acceptors (Lipinski definition) is 7. The van der Waals surface area contributed by atoms with E-state index in [4.69, 9.17) is 25.8 Å². The van der Waals surface area contributed by atoms with Crippen molar-refractivity contribution in [2.75, 3.05) is 39.6 Å². The van der Waals surface area contributed by atoms with Crippen LogP contribution in [0.1, 0.15) is 42.3 Å². The highest BCUT2D eigenvalue weighted by molar-refractivity contribution is 6.30. The standard InChI is InChI=1S/C20H21ClN2O4.C13H16O2.ClH/c21-16-2-4-17(5-3-16)25-13-20(24)23-9-7-22(8-10-23)12-15-1-6-18-19(11-15)27-14-26-18;1-9(2)4-5-12-8-11(10(3)14)6-7-13(12)15;/h1-6,11H,7-10,12-14H2;4,6-8,15H,5H2,1-3H3;1H. The molecule has 10 heteroatoms. The number of benzene rings is 3. The molecule has 2 aliphatic rings. The fraction of sp³-hybridized carbons (Fsp3) is 0.333. The van der Waals surface area contributed by atoms with E-state index in [-0.39, 0.29) is 43.2 Å². The van der Waals surface area contributed by atoms with Crippen molar-refractivity contribution in [3.05, 3.63) is 94.0 Å². The molecule has 0 bridgehead atoms. The smallest absolute Gasteiger partial charge is 0.260 e. The number of ether oxygens (including phenoxy) is 3. The van der Waals surface area contributed by atoms with Crippen molar-refractivity contribution in [3.63, 3.8) is 0 Å². The fourth-order valence-corrected chi connectivity index (χ4v) is 4.63. The summed E-state index contributed by atoms with van der Waals surface area (Å²) in [6.07, 6.45) is 2.69. The van der Waals surface area contributed by atoms with Gasteiger partial charge in [0.25, 0.3) is 5.91 Å². The van der Waals surface area contributed by atoms with Crippen molar-refractivity contribution >= 4 is 35.7 Å². The third-order valence-electron chi connectivity index (χ3n) is 6.96. The molecule has 1 N–H and O–H groups in total. The van der Waals surface area contributed by atoms with Gasteiger partial charge in [-0.15, -0.1) is 12.4 Å². The van der Waals surface area contributed by atoms with Gasteiger partial charge in [-0.05, 0) is 92.9 Å². The van der Waals surface area contributed by atoms with Crippen LogP contribution in [0.4, 0.5) is 0 Å². The zero-order chi connectivity index (χ0) is 30.1. The van der Waals surface area contributed by atoms with Crippen LogP contribution in [0, 0.1) is 0 Å². The minimum atomic E-state index is 0. The topological polar surface area (TPSA) is 88.5 Å². The van der Waals surface area contributed by atoms with E-state index in [2.05, 4.69) is 11.0 Å². The van der Waals surface area contributed by atoms with E-state index in [1.54, 1.807) is 42.5 Å². The fourth-order valence-electron chi connectivity index (χ4n) is 4.50. The average molecular weight is 630 g/mol. The second-order valence-electron chi connectivity index (χ2n) is 10.5. The van der Waals surface area contributed by atoms with Gasteiger partial charge in [-0.2, -0.15) is 0 Å². The van der Waals surface area contributed by atoms with Crippen LogP contribution < -0.4 is 14.2 Å². The van der Waals surface area contributed by atoms with Crippen LogP contribution in [-0.4, -0.2) is 66.2 Å². The number of phenols is 1. The average Bonchev–Trinajstić information content (AvgIpc) is 3.45. The first-order valence-corrected chi connectivity index (χ1v) is 14.3. The maximum atomic E-state index is 12.4. The van der Waals surface area contributed by atoms with E-state index in [1.807, 2.05) is 37.0 Å². The number of phenolic OH excluding ortho intramolecular Hbond substituents is 1. The molecule has 0 radical (unpaired) electrons. The Morgan fingerprint density at radius 1 is 0.930 bits per heavy atom. The molecule has 2 heterocycles. The van der Waals surface area contributed by atoms with Crippen LogP contribution in [0.2, 0.25) is 5.02 Å². The zero-order valence-corrected chi connectivity index (χ0v) is 26.2. The van der Waals surface area contributed by atoms with Crippen molar-refractivity contribution in [3.8, 4) is 23.0 Å². The Labute approximate surface area is 264 Å². The second-order valence-corrected chi connectivity index (χ2v) is 10.9. The number of carbonyl (C=O) groups excluding carboxylic acids is 2. The van der Waals surface area contributed by atoms with Crippen molar-refractivity contribution < 1.29 is 28.9 Å². The number of ketones is 1. The molecule has 5 rings (SSSR count). The lowest BCUT2D eigenvalue weighted by molar-refractivity contribution is -0.135. The second kappa shape index (κ2) is 16.2. The van der Waals surface area contributed by atoms with Crippen LogP contribution in [0.5, 0.6) is 23.0 Å². The summed E-state index contributed by atoms with van der Waals surface area (Å²) < 4.78 is 16.3. The lowest BCUT2D eigenvalue weighted by Gasteiger charge is -2.34. The van der Waals surface area contributed by atoms with Crippen LogP contribution in [-0.2, 0) is 17.8 Å². The quantitative estimate of drug-likeness (QED) is 0.231. The number of hydrogen-bond donors (Lipinski definition) is 1. The molecule has 1 fully saturated rings. The highest BCUT2D eigenvalue weighted by Crippen LogP contribution is 2.33. The largest absolute Gasteiger partial charge is 0.508 e. The number of amides is 1. The normalized spacial score (nSPS) is 13.7. The first-order chi connectivity index (χ1) is 20.2. The minimum Gasteiger partial charge on any atom is -0.508 e. The summed E-state index contributed by atoms with van der Waals surface area (Å²) in [5.41, 5.74) is 3.82. The maximum Gasteiger partial charge on any atom is 0.260 e. The Morgan fingerprint density at radius 2 is 1.63 bits per heavy atom. The molecule has 43 heavy (non-hydrogen) atoms. The van der Waals surface area contributed by atoms with Crippen molar-refractivity contribution in [2.24, 2.45) is 0 Å². The van der Waals surface area contributed by atoms with Gasteiger partial charge in [0, 0.05) is 43.3 Å². The first kappa shape index (κ1) is 33.8. The molecule has 0 spiro atoms. The maximum absolute atomic E-state index is 12.4. The third kappa shape index (κ3) is 10.2. The molecule has 0 aromatic heterocycles. The van der Waals surface area contributed by atoms with Gasteiger partial charge in [0.05, 0.1) is 0 Å². The van der Waals surface area contributed by atoms with E-state index in [0.29, 0.717) is 35.8 Å². The summed E-state index contributed by atoms with van der Waals surface area (Å²) in [4.78, 5) is 27.7. The Hall–Kier alpha value is -3.72. The minimum absolute atomic E-state index is 0. The molecule has 3 aromatic carbocycles. The van der Waals surface area contributed by atoms with Crippen molar-refractivity contribution in [2.45, 2.75) is 33.7 Å². The molecule has 0 saturated carbocycles. The molecular formula is C33H38Cl2N2O6. The number of fused-ring (bicyclic) bond motifs is 1. The summed E-state index contributed by atoms with van der Waals surface area (Å²) in [7, 11) is 0. The van der Waals surface area contributed by atoms with Crippen molar-refractivity contribution in [1.82, 2.24) is 9.80 Å². The number of Topliss-reactive ketones (excluding diaryl/α,β-unsaturated/α-hetero) is 1. The van der Waals surface area contributed by atoms with Crippen LogP contribution >= 0.6 is 24.0 Å². The summed E-state index contributed by atoms with van der Waals surface area (Å²) in [5, 5.41) is 10.2. The molecule has 8 nitrogen and oxygen atoms in total. The lowest BCUT2D eigenvalue weighted by atomic mass is 10.0. The first-order valence-electron chi connectivity index (χ1n) is 13.9. The molecule has 1 amide bonds. The number of rotatable bonds is 8. The van der Waals surface area contributed by atoms with Crippen LogP contribution in [0.3, 0.4) is 0 Å². The molecule has 2 aliphatic heterocycles. The number of halogens is 2. The Morgan fingerprint density at radius 3 is 2.30 bits per heavy atom. The predicted octanol–water partition coefficient (Wildman–Crippen LogP) is 6.32. The van der Waals surface area contributed by atoms with Gasteiger partial charge in [-0.3, -0.25) is 14.5 Å². The lowest BCUT2D eigenvalue weighted by Crippen LogP contribution is -2.49. The molecular weight excluding hydrogens is 591 g/mol. The molecule has 0 atom stereocenters. The van der Waals surface area contributed by atoms with Gasteiger partial charge in [-0.1, -0.05) is 29.3 Å². The Bertz CT molecular complexity index is 1420. The summed E-state index contributed by atoms with van der Waals surface area (Å²) in [6.45, 7) is 9.78. The van der Waals surface area contributed by atoms with Gasteiger partial charge in [0.1, 0.15) is 11.5 Å². The summed E-state index contributed by atoms with van der Waals surface area (Å²) >= 11 is 5.85. The van der Waals surface area contributed by atoms with E-state index < -0.39 is 0 Å². The van der Waals surface area contributed by atoms with Gasteiger partial charge in [0.15, 0.2) is 23.9 Å². The highest BCUT2D eigenvalue weighted by atomic mass is 35.5. The number of carbonyl (C=O) groups is 2. The van der Waals surface area contributed by atoms with E-state index in [0.717, 1.165) is 36.7 Å². The van der Waals surface area contributed by atoms with Gasteiger partial charge in [-0.25, -0.2) is 0 Å². The monoisotopic (exact) mass is 628 g/mol. The summed E-state index contributed by atoms with van der Waals surface area (Å²) in [5.74, 6) is 2.53. The van der Waals surface area contributed by atoms with Gasteiger partial charge < -0.3 is 24.2 Å². The predicted molar refractivity (Wildman–Crippen MR) is 170 cm³/mol. The molecule has 230 valence electrons. The van der Waals surface area contributed by atoms with Gasteiger partial charge in [0.2, 0.25) is 6.79 Å². The van der Waals surface area contributed by atoms with E-state index >= 15 is 0 Å². The third-order valence-corrected chi connectivity index (χ3v) is 7.21.